The van der Waals surface area contributed by atoms with Crippen LogP contribution in [0, 0.1) is 5.41 Å². The predicted octanol–water partition coefficient (Wildman–Crippen LogP) is 2.67. The molecule has 0 atom stereocenters. The fourth-order valence-electron chi connectivity index (χ4n) is 1.35. The van der Waals surface area contributed by atoms with Crippen LogP contribution in [-0.2, 0) is 19.3 Å². The second kappa shape index (κ2) is 7.66. The first-order valence-electron chi connectivity index (χ1n) is 6.25. The van der Waals surface area contributed by atoms with E-state index in [2.05, 4.69) is 10.3 Å². The molecule has 108 valence electrons. The molecular weight excluding hydrogens is 248 g/mol. The lowest BCUT2D eigenvalue weighted by molar-refractivity contribution is -0.173. The van der Waals surface area contributed by atoms with Gasteiger partial charge in [-0.25, -0.2) is 9.59 Å². The van der Waals surface area contributed by atoms with Crippen LogP contribution < -0.4 is 0 Å². The van der Waals surface area contributed by atoms with Gasteiger partial charge in [-0.1, -0.05) is 24.2 Å². The predicted molar refractivity (Wildman–Crippen MR) is 72.8 cm³/mol. The van der Waals surface area contributed by atoms with Crippen molar-refractivity contribution in [3.8, 4) is 0 Å². The van der Waals surface area contributed by atoms with E-state index < -0.39 is 17.4 Å². The summed E-state index contributed by atoms with van der Waals surface area (Å²) in [5.74, 6) is -1.43. The van der Waals surface area contributed by atoms with Gasteiger partial charge in [-0.2, -0.15) is 0 Å². The largest absolute Gasteiger partial charge is 0.352 e. The van der Waals surface area contributed by atoms with Gasteiger partial charge in [-0.05, 0) is 40.5 Å². The molecule has 19 heavy (non-hydrogen) atoms. The Bertz CT molecular complexity index is 353. The van der Waals surface area contributed by atoms with Gasteiger partial charge < -0.3 is 9.68 Å². The Hall–Kier alpha value is -1.72. The third kappa shape index (κ3) is 4.81. The lowest BCUT2D eigenvalue weighted by Gasteiger charge is -2.23. The molecule has 0 N–H and O–H groups in total. The fourth-order valence-corrected chi connectivity index (χ4v) is 1.35. The lowest BCUT2D eigenvalue weighted by atomic mass is 9.82. The van der Waals surface area contributed by atoms with E-state index in [0.717, 1.165) is 0 Å². The molecule has 0 aliphatic heterocycles. The molecule has 0 fully saturated rings. The quantitative estimate of drug-likeness (QED) is 0.322. The molecule has 0 aromatic rings. The molecule has 0 amide bonds. The maximum Gasteiger partial charge on any atom is 0.352 e. The Morgan fingerprint density at radius 2 is 1.16 bits per heavy atom. The molecule has 0 aliphatic carbocycles. The van der Waals surface area contributed by atoms with E-state index in [4.69, 9.17) is 9.68 Å². The maximum atomic E-state index is 12.0. The maximum absolute atomic E-state index is 12.0. The van der Waals surface area contributed by atoms with Crippen molar-refractivity contribution in [3.05, 3.63) is 0 Å². The van der Waals surface area contributed by atoms with E-state index in [9.17, 15) is 9.59 Å². The van der Waals surface area contributed by atoms with E-state index in [1.54, 1.807) is 41.5 Å². The average Bonchev–Trinajstić information content (AvgIpc) is 2.35. The third-order valence-corrected chi connectivity index (χ3v) is 2.61. The Morgan fingerprint density at radius 1 is 0.842 bits per heavy atom. The van der Waals surface area contributed by atoms with Gasteiger partial charge in [0, 0.05) is 0 Å². The van der Waals surface area contributed by atoms with Crippen molar-refractivity contribution in [2.45, 2.75) is 54.4 Å². The Kier molecular flexibility index (Phi) is 6.96. The highest BCUT2D eigenvalue weighted by atomic mass is 16.7. The molecule has 0 rings (SSSR count). The summed E-state index contributed by atoms with van der Waals surface area (Å²) < 4.78 is 0. The summed E-state index contributed by atoms with van der Waals surface area (Å²) in [7, 11) is 0. The highest BCUT2D eigenvalue weighted by molar-refractivity contribution is 6.00. The van der Waals surface area contributed by atoms with E-state index in [0.29, 0.717) is 11.4 Å². The number of hydrogen-bond acceptors (Lipinski definition) is 6. The minimum Gasteiger partial charge on any atom is -0.317 e. The van der Waals surface area contributed by atoms with E-state index in [1.807, 2.05) is 0 Å². The number of oxime groups is 2. The Labute approximate surface area is 113 Å². The van der Waals surface area contributed by atoms with Crippen LogP contribution >= 0.6 is 0 Å². The summed E-state index contributed by atoms with van der Waals surface area (Å²) >= 11 is 0. The first-order chi connectivity index (χ1) is 8.80. The van der Waals surface area contributed by atoms with E-state index in [-0.39, 0.29) is 12.8 Å². The SMILES string of the molecule is CCC(CC)(C(=O)ON=C(C)C)C(=O)ON=C(C)C. The van der Waals surface area contributed by atoms with E-state index >= 15 is 0 Å². The normalized spacial score (nSPS) is 10.4. The summed E-state index contributed by atoms with van der Waals surface area (Å²) in [5, 5.41) is 7.17. The first-order valence-corrected chi connectivity index (χ1v) is 6.25. The number of hydrogen-bond donors (Lipinski definition) is 0. The van der Waals surface area contributed by atoms with Crippen LogP contribution in [0.4, 0.5) is 0 Å². The molecule has 6 heteroatoms. The first kappa shape index (κ1) is 17.3. The van der Waals surface area contributed by atoms with Crippen LogP contribution in [0.25, 0.3) is 0 Å². The van der Waals surface area contributed by atoms with Gasteiger partial charge in [0.15, 0.2) is 5.41 Å². The zero-order valence-corrected chi connectivity index (χ0v) is 12.4. The Morgan fingerprint density at radius 3 is 1.37 bits per heavy atom. The van der Waals surface area contributed by atoms with Crippen LogP contribution in [0.5, 0.6) is 0 Å². The van der Waals surface area contributed by atoms with Crippen molar-refractivity contribution >= 4 is 23.4 Å². The van der Waals surface area contributed by atoms with Gasteiger partial charge in [0.05, 0.1) is 11.4 Å². The smallest absolute Gasteiger partial charge is 0.317 e. The standard InChI is InChI=1S/C13H22N2O4/c1-7-13(8-2,11(16)18-14-9(3)4)12(17)19-15-10(5)6/h7-8H2,1-6H3. The monoisotopic (exact) mass is 270 g/mol. The zero-order valence-electron chi connectivity index (χ0n) is 12.4. The second-order valence-corrected chi connectivity index (χ2v) is 4.62. The molecule has 0 bridgehead atoms. The number of nitrogens with zero attached hydrogens (tertiary/aromatic N) is 2. The third-order valence-electron chi connectivity index (χ3n) is 2.61. The molecule has 0 radical (unpaired) electrons. The average molecular weight is 270 g/mol. The number of carbonyl (C=O) groups excluding carboxylic acids is 2. The molecule has 0 saturated heterocycles. The van der Waals surface area contributed by atoms with Gasteiger partial charge in [0.25, 0.3) is 0 Å². The van der Waals surface area contributed by atoms with Gasteiger partial charge in [-0.15, -0.1) is 0 Å². The van der Waals surface area contributed by atoms with Crippen LogP contribution in [0.3, 0.4) is 0 Å². The second-order valence-electron chi connectivity index (χ2n) is 4.62. The van der Waals surface area contributed by atoms with Crippen molar-refractivity contribution in [2.75, 3.05) is 0 Å². The number of carbonyl (C=O) groups is 2. The van der Waals surface area contributed by atoms with Crippen molar-refractivity contribution in [1.29, 1.82) is 0 Å². The minimum absolute atomic E-state index is 0.262. The molecule has 0 aromatic carbocycles. The molecule has 0 heterocycles. The van der Waals surface area contributed by atoms with Gasteiger partial charge in [0.2, 0.25) is 0 Å². The molecule has 0 aromatic heterocycles. The van der Waals surface area contributed by atoms with Crippen LogP contribution in [0.2, 0.25) is 0 Å². The molecule has 6 nitrogen and oxygen atoms in total. The van der Waals surface area contributed by atoms with Gasteiger partial charge in [-0.3, -0.25) is 0 Å². The van der Waals surface area contributed by atoms with Crippen molar-refractivity contribution in [3.63, 3.8) is 0 Å². The summed E-state index contributed by atoms with van der Waals surface area (Å²) in [6.07, 6.45) is 0.523. The summed E-state index contributed by atoms with van der Waals surface area (Å²) in [5.41, 5.74) is -0.187. The minimum atomic E-state index is -1.36. The van der Waals surface area contributed by atoms with Gasteiger partial charge >= 0.3 is 11.9 Å². The van der Waals surface area contributed by atoms with Crippen LogP contribution in [0.1, 0.15) is 54.4 Å². The summed E-state index contributed by atoms with van der Waals surface area (Å²) in [4.78, 5) is 33.6. The molecule has 0 aliphatic rings. The van der Waals surface area contributed by atoms with Crippen molar-refractivity contribution in [1.82, 2.24) is 0 Å². The molecule has 0 unspecified atom stereocenters. The topological polar surface area (TPSA) is 77.3 Å². The molecular formula is C13H22N2O4. The molecule has 0 saturated carbocycles. The lowest BCUT2D eigenvalue weighted by Crippen LogP contribution is -2.40. The fraction of sp³-hybridized carbons (Fsp3) is 0.692. The van der Waals surface area contributed by atoms with Crippen LogP contribution in [0.15, 0.2) is 10.3 Å². The Balaban J connectivity index is 5.13. The van der Waals surface area contributed by atoms with Crippen molar-refractivity contribution in [2.24, 2.45) is 15.7 Å². The summed E-state index contributed by atoms with van der Waals surface area (Å²) in [6.45, 7) is 10.2. The highest BCUT2D eigenvalue weighted by Crippen LogP contribution is 2.30. The highest BCUT2D eigenvalue weighted by Gasteiger charge is 2.47. The molecule has 0 spiro atoms. The van der Waals surface area contributed by atoms with Crippen molar-refractivity contribution < 1.29 is 19.3 Å². The van der Waals surface area contributed by atoms with E-state index in [1.165, 1.54) is 0 Å². The summed E-state index contributed by atoms with van der Waals surface area (Å²) in [6, 6.07) is 0. The zero-order chi connectivity index (χ0) is 15.1. The number of rotatable bonds is 6. The van der Waals surface area contributed by atoms with Crippen LogP contribution in [-0.4, -0.2) is 23.4 Å². The van der Waals surface area contributed by atoms with Gasteiger partial charge in [0.1, 0.15) is 0 Å².